The zero-order valence-electron chi connectivity index (χ0n) is 4.26. The molecular formula is C5H6N3. The Hall–Kier alpha value is -1.25. The zero-order valence-corrected chi connectivity index (χ0v) is 4.26. The molecule has 3 nitrogen and oxygen atoms in total. The summed E-state index contributed by atoms with van der Waals surface area (Å²) in [7, 11) is 0. The molecule has 0 saturated carbocycles. The standard InChI is InChI=1S/C5H6N3/c6-4-1-2-8-3-5(4)7/h1,3H,7H2,(H2,6,8). The number of hydrogen-bond acceptors (Lipinski definition) is 3. The van der Waals surface area contributed by atoms with Crippen molar-refractivity contribution in [3.05, 3.63) is 18.5 Å². The van der Waals surface area contributed by atoms with Crippen molar-refractivity contribution in [2.24, 2.45) is 0 Å². The molecule has 0 aliphatic rings. The highest BCUT2D eigenvalue weighted by Crippen LogP contribution is 2.07. The lowest BCUT2D eigenvalue weighted by atomic mass is 10.4. The average molecular weight is 108 g/mol. The minimum atomic E-state index is 0.503. The van der Waals surface area contributed by atoms with Crippen molar-refractivity contribution >= 4 is 11.4 Å². The summed E-state index contributed by atoms with van der Waals surface area (Å²) in [5.41, 5.74) is 11.7. The monoisotopic (exact) mass is 108 g/mol. The van der Waals surface area contributed by atoms with E-state index in [2.05, 4.69) is 11.2 Å². The van der Waals surface area contributed by atoms with E-state index in [9.17, 15) is 0 Å². The normalized spacial score (nSPS) is 9.00. The van der Waals surface area contributed by atoms with E-state index >= 15 is 0 Å². The molecule has 0 saturated heterocycles. The van der Waals surface area contributed by atoms with Crippen LogP contribution < -0.4 is 11.5 Å². The smallest absolute Gasteiger partial charge is 0.0909 e. The van der Waals surface area contributed by atoms with Gasteiger partial charge in [-0.2, -0.15) is 0 Å². The van der Waals surface area contributed by atoms with Gasteiger partial charge in [-0.3, -0.25) is 4.98 Å². The first-order valence-corrected chi connectivity index (χ1v) is 2.18. The molecule has 0 spiro atoms. The molecule has 0 atom stereocenters. The molecule has 1 rings (SSSR count). The Labute approximate surface area is 47.3 Å². The fourth-order valence-electron chi connectivity index (χ4n) is 0.371. The second-order valence-corrected chi connectivity index (χ2v) is 1.44. The molecule has 41 valence electrons. The van der Waals surface area contributed by atoms with Crippen molar-refractivity contribution in [3.8, 4) is 0 Å². The lowest BCUT2D eigenvalue weighted by Gasteiger charge is -1.92. The fraction of sp³-hybridized carbons (Fsp3) is 0. The molecule has 1 radical (unpaired) electrons. The number of nitrogens with zero attached hydrogens (tertiary/aromatic N) is 1. The fourth-order valence-corrected chi connectivity index (χ4v) is 0.371. The van der Waals surface area contributed by atoms with Crippen LogP contribution in [0.25, 0.3) is 0 Å². The molecule has 0 unspecified atom stereocenters. The predicted octanol–water partition coefficient (Wildman–Crippen LogP) is 0.0462. The van der Waals surface area contributed by atoms with Gasteiger partial charge in [0, 0.05) is 0 Å². The number of nitrogen functional groups attached to an aromatic ring is 2. The molecular weight excluding hydrogens is 102 g/mol. The maximum Gasteiger partial charge on any atom is 0.0909 e. The largest absolute Gasteiger partial charge is 0.397 e. The molecule has 0 aliphatic carbocycles. The summed E-state index contributed by atoms with van der Waals surface area (Å²) in [6.45, 7) is 0. The Balaban J connectivity index is 3.13. The lowest BCUT2D eigenvalue weighted by molar-refractivity contribution is 1.32. The first-order chi connectivity index (χ1) is 3.80. The minimum Gasteiger partial charge on any atom is -0.397 e. The first kappa shape index (κ1) is 4.90. The van der Waals surface area contributed by atoms with Crippen LogP contribution in [-0.2, 0) is 0 Å². The van der Waals surface area contributed by atoms with E-state index in [0.29, 0.717) is 11.4 Å². The van der Waals surface area contributed by atoms with Gasteiger partial charge in [0.25, 0.3) is 0 Å². The molecule has 1 aromatic rings. The van der Waals surface area contributed by atoms with Gasteiger partial charge >= 0.3 is 0 Å². The van der Waals surface area contributed by atoms with Crippen LogP contribution in [0.4, 0.5) is 11.4 Å². The molecule has 3 heteroatoms. The van der Waals surface area contributed by atoms with Crippen LogP contribution in [0.15, 0.2) is 12.3 Å². The Kier molecular flexibility index (Phi) is 1.04. The number of anilines is 2. The molecule has 8 heavy (non-hydrogen) atoms. The maximum atomic E-state index is 5.32. The molecule has 0 aliphatic heterocycles. The van der Waals surface area contributed by atoms with Gasteiger partial charge in [0.1, 0.15) is 0 Å². The highest BCUT2D eigenvalue weighted by atomic mass is 14.7. The molecule has 0 aromatic carbocycles. The van der Waals surface area contributed by atoms with Gasteiger partial charge < -0.3 is 11.5 Å². The van der Waals surface area contributed by atoms with Crippen LogP contribution >= 0.6 is 0 Å². The number of nitrogens with two attached hydrogens (primary N) is 2. The van der Waals surface area contributed by atoms with Gasteiger partial charge in [0.05, 0.1) is 23.8 Å². The highest BCUT2D eigenvalue weighted by molar-refractivity contribution is 5.60. The molecule has 0 bridgehead atoms. The number of rotatable bonds is 0. The topological polar surface area (TPSA) is 64.9 Å². The van der Waals surface area contributed by atoms with Crippen LogP contribution in [0.2, 0.25) is 0 Å². The van der Waals surface area contributed by atoms with E-state index < -0.39 is 0 Å². The predicted molar refractivity (Wildman–Crippen MR) is 31.9 cm³/mol. The van der Waals surface area contributed by atoms with Crippen LogP contribution in [-0.4, -0.2) is 4.98 Å². The van der Waals surface area contributed by atoms with E-state index in [1.807, 2.05) is 0 Å². The van der Waals surface area contributed by atoms with E-state index in [0.717, 1.165) is 0 Å². The highest BCUT2D eigenvalue weighted by Gasteiger charge is 1.87. The van der Waals surface area contributed by atoms with Crippen molar-refractivity contribution in [1.82, 2.24) is 4.98 Å². The quantitative estimate of drug-likeness (QED) is 0.493. The van der Waals surface area contributed by atoms with Gasteiger partial charge in [-0.1, -0.05) is 0 Å². The summed E-state index contributed by atoms with van der Waals surface area (Å²) in [6.07, 6.45) is 4.01. The second kappa shape index (κ2) is 1.69. The molecule has 1 aromatic heterocycles. The van der Waals surface area contributed by atoms with Crippen LogP contribution in [0, 0.1) is 6.20 Å². The number of aromatic nitrogens is 1. The number of pyridine rings is 1. The van der Waals surface area contributed by atoms with Crippen LogP contribution in [0.1, 0.15) is 0 Å². The van der Waals surface area contributed by atoms with Crippen molar-refractivity contribution in [1.29, 1.82) is 0 Å². The van der Waals surface area contributed by atoms with Crippen LogP contribution in [0.3, 0.4) is 0 Å². The summed E-state index contributed by atoms with van der Waals surface area (Å²) in [6, 6.07) is 1.54. The number of hydrogen-bond donors (Lipinski definition) is 2. The van der Waals surface area contributed by atoms with E-state index in [-0.39, 0.29) is 0 Å². The van der Waals surface area contributed by atoms with Crippen molar-refractivity contribution in [2.75, 3.05) is 11.5 Å². The summed E-state index contributed by atoms with van der Waals surface area (Å²) < 4.78 is 0. The Morgan fingerprint density at radius 2 is 2.12 bits per heavy atom. The third kappa shape index (κ3) is 0.703. The summed E-state index contributed by atoms with van der Waals surface area (Å²) in [5, 5.41) is 0. The molecule has 0 amide bonds. The third-order valence-electron chi connectivity index (χ3n) is 0.832. The second-order valence-electron chi connectivity index (χ2n) is 1.44. The van der Waals surface area contributed by atoms with Gasteiger partial charge in [-0.05, 0) is 6.07 Å². The van der Waals surface area contributed by atoms with E-state index in [4.69, 9.17) is 11.5 Å². The Morgan fingerprint density at radius 1 is 1.38 bits per heavy atom. The van der Waals surface area contributed by atoms with E-state index in [1.165, 1.54) is 12.3 Å². The summed E-state index contributed by atoms with van der Waals surface area (Å²) in [5.74, 6) is 0. The van der Waals surface area contributed by atoms with Crippen molar-refractivity contribution in [2.45, 2.75) is 0 Å². The minimum absolute atomic E-state index is 0.503. The van der Waals surface area contributed by atoms with E-state index in [1.54, 1.807) is 0 Å². The Bertz CT molecular complexity index is 164. The zero-order chi connectivity index (χ0) is 5.98. The molecule has 0 fully saturated rings. The molecule has 4 N–H and O–H groups in total. The summed E-state index contributed by atoms with van der Waals surface area (Å²) in [4.78, 5) is 3.62. The van der Waals surface area contributed by atoms with Gasteiger partial charge in [0.15, 0.2) is 0 Å². The lowest BCUT2D eigenvalue weighted by Crippen LogP contribution is -1.93. The summed E-state index contributed by atoms with van der Waals surface area (Å²) >= 11 is 0. The van der Waals surface area contributed by atoms with Crippen molar-refractivity contribution in [3.63, 3.8) is 0 Å². The van der Waals surface area contributed by atoms with Crippen LogP contribution in [0.5, 0.6) is 0 Å². The van der Waals surface area contributed by atoms with Gasteiger partial charge in [-0.15, -0.1) is 0 Å². The SMILES string of the molecule is Nc1c[c]ncc1N. The Morgan fingerprint density at radius 3 is 2.50 bits per heavy atom. The first-order valence-electron chi connectivity index (χ1n) is 2.18. The van der Waals surface area contributed by atoms with Crippen molar-refractivity contribution < 1.29 is 0 Å². The third-order valence-corrected chi connectivity index (χ3v) is 0.832. The van der Waals surface area contributed by atoms with Gasteiger partial charge in [-0.25, -0.2) is 0 Å². The maximum absolute atomic E-state index is 5.32. The van der Waals surface area contributed by atoms with Gasteiger partial charge in [0.2, 0.25) is 0 Å². The average Bonchev–Trinajstić information content (AvgIpc) is 1.77. The molecule has 1 heterocycles.